The summed E-state index contributed by atoms with van der Waals surface area (Å²) in [6.45, 7) is 0.758. The Balaban J connectivity index is 3.61. The van der Waals surface area contributed by atoms with Crippen LogP contribution in [0, 0.1) is 12.3 Å². The molecule has 0 aromatic carbocycles. The van der Waals surface area contributed by atoms with Gasteiger partial charge in [-0.15, -0.1) is 6.42 Å². The van der Waals surface area contributed by atoms with E-state index in [1.165, 1.54) is 0 Å². The summed E-state index contributed by atoms with van der Waals surface area (Å²) in [5.74, 6) is 1.61. The lowest BCUT2D eigenvalue weighted by Gasteiger charge is -2.04. The molecule has 6 N–H and O–H groups in total. The minimum Gasteiger partial charge on any atom is -0.480 e. The first-order valence-electron chi connectivity index (χ1n) is 4.53. The third-order valence-electron chi connectivity index (χ3n) is 1.64. The van der Waals surface area contributed by atoms with Crippen molar-refractivity contribution in [1.82, 2.24) is 5.32 Å². The Morgan fingerprint density at radius 1 is 1.67 bits per heavy atom. The van der Waals surface area contributed by atoms with Crippen LogP contribution in [0.2, 0.25) is 0 Å². The van der Waals surface area contributed by atoms with Crippen molar-refractivity contribution in [3.63, 3.8) is 0 Å². The second-order valence-corrected chi connectivity index (χ2v) is 2.91. The Kier molecular flexibility index (Phi) is 6.76. The first kappa shape index (κ1) is 13.3. The Bertz CT molecular complexity index is 270. The summed E-state index contributed by atoms with van der Waals surface area (Å²) in [4.78, 5) is 14.3. The van der Waals surface area contributed by atoms with Crippen molar-refractivity contribution >= 4 is 11.9 Å². The quantitative estimate of drug-likeness (QED) is 0.189. The molecule has 1 atom stereocenters. The molecule has 0 unspecified atom stereocenters. The molecule has 0 heterocycles. The number of nitrogens with one attached hydrogen (secondary N) is 1. The molecule has 0 spiro atoms. The highest BCUT2D eigenvalue weighted by molar-refractivity contribution is 5.78. The van der Waals surface area contributed by atoms with Gasteiger partial charge in [-0.2, -0.15) is 0 Å². The molecule has 0 fully saturated rings. The molecule has 0 radical (unpaired) electrons. The number of rotatable bonds is 6. The third-order valence-corrected chi connectivity index (χ3v) is 1.64. The fourth-order valence-electron chi connectivity index (χ4n) is 0.832. The Morgan fingerprint density at radius 2 is 2.33 bits per heavy atom. The Hall–Kier alpha value is -1.74. The van der Waals surface area contributed by atoms with Crippen molar-refractivity contribution in [3.8, 4) is 12.3 Å². The predicted octanol–water partition coefficient (Wildman–Crippen LogP) is -1.28. The van der Waals surface area contributed by atoms with Gasteiger partial charge in [0.25, 0.3) is 0 Å². The van der Waals surface area contributed by atoms with Crippen molar-refractivity contribution < 1.29 is 9.90 Å². The zero-order valence-electron chi connectivity index (χ0n) is 8.44. The van der Waals surface area contributed by atoms with E-state index in [1.807, 2.05) is 0 Å². The molecule has 0 aromatic heterocycles. The Labute approximate surface area is 88.7 Å². The molecular weight excluding hydrogens is 196 g/mol. The number of aliphatic imine (C=N–C) groups is 1. The molecule has 6 nitrogen and oxygen atoms in total. The number of carboxylic acids is 1. The lowest BCUT2D eigenvalue weighted by Crippen LogP contribution is -2.32. The van der Waals surface area contributed by atoms with Crippen LogP contribution in [0.25, 0.3) is 0 Å². The van der Waals surface area contributed by atoms with E-state index >= 15 is 0 Å². The smallest absolute Gasteiger partial charge is 0.320 e. The minimum absolute atomic E-state index is 0.261. The van der Waals surface area contributed by atoms with Gasteiger partial charge in [0.15, 0.2) is 5.96 Å². The number of hydrogen-bond donors (Lipinski definition) is 4. The molecule has 84 valence electrons. The molecule has 0 saturated heterocycles. The number of aliphatic carboxylic acids is 1. The lowest BCUT2D eigenvalue weighted by atomic mass is 10.2. The monoisotopic (exact) mass is 212 g/mol. The number of hydrogen-bond acceptors (Lipinski definition) is 3. The van der Waals surface area contributed by atoms with Crippen LogP contribution in [0.4, 0.5) is 0 Å². The zero-order chi connectivity index (χ0) is 11.7. The fraction of sp³-hybridized carbons (Fsp3) is 0.556. The second kappa shape index (κ2) is 7.64. The van der Waals surface area contributed by atoms with Gasteiger partial charge in [-0.1, -0.05) is 5.92 Å². The van der Waals surface area contributed by atoms with Crippen LogP contribution >= 0.6 is 0 Å². The molecule has 6 heteroatoms. The van der Waals surface area contributed by atoms with Crippen molar-refractivity contribution in [1.29, 1.82) is 0 Å². The standard InChI is InChI=1S/C9H16N4O2/c1-2-5-12-9(11)13-6-3-4-7(10)8(14)15/h1,7H,3-6,10H2,(H,14,15)(H3,11,12,13)/t7-/m1/s1. The average molecular weight is 212 g/mol. The van der Waals surface area contributed by atoms with Gasteiger partial charge < -0.3 is 21.9 Å². The van der Waals surface area contributed by atoms with Gasteiger partial charge in [0.2, 0.25) is 0 Å². The van der Waals surface area contributed by atoms with Gasteiger partial charge in [-0.25, -0.2) is 0 Å². The van der Waals surface area contributed by atoms with Crippen LogP contribution < -0.4 is 16.8 Å². The number of guanidine groups is 1. The maximum Gasteiger partial charge on any atom is 0.320 e. The van der Waals surface area contributed by atoms with Gasteiger partial charge in [0, 0.05) is 6.54 Å². The molecule has 0 saturated carbocycles. The highest BCUT2D eigenvalue weighted by Crippen LogP contribution is 1.94. The van der Waals surface area contributed by atoms with E-state index in [1.54, 1.807) is 0 Å². The summed E-state index contributed by atoms with van der Waals surface area (Å²) in [5, 5.41) is 11.2. The third kappa shape index (κ3) is 7.34. The van der Waals surface area contributed by atoms with Crippen LogP contribution in [-0.4, -0.2) is 36.2 Å². The average Bonchev–Trinajstić information content (AvgIpc) is 2.20. The number of terminal acetylenes is 1. The minimum atomic E-state index is -1.00. The molecule has 0 aromatic rings. The van der Waals surface area contributed by atoms with E-state index in [9.17, 15) is 4.79 Å². The summed E-state index contributed by atoms with van der Waals surface area (Å²) in [5.41, 5.74) is 10.7. The van der Waals surface area contributed by atoms with Gasteiger partial charge >= 0.3 is 5.97 Å². The molecule has 0 aliphatic rings. The fourth-order valence-corrected chi connectivity index (χ4v) is 0.832. The van der Waals surface area contributed by atoms with E-state index in [4.69, 9.17) is 23.0 Å². The maximum atomic E-state index is 10.3. The largest absolute Gasteiger partial charge is 0.480 e. The van der Waals surface area contributed by atoms with Gasteiger partial charge in [-0.05, 0) is 12.8 Å². The number of nitrogens with two attached hydrogens (primary N) is 2. The van der Waals surface area contributed by atoms with Crippen molar-refractivity contribution in [2.24, 2.45) is 16.5 Å². The van der Waals surface area contributed by atoms with Crippen molar-refractivity contribution in [2.45, 2.75) is 18.9 Å². The van der Waals surface area contributed by atoms with Crippen LogP contribution in [-0.2, 0) is 4.79 Å². The molecule has 0 rings (SSSR count). The van der Waals surface area contributed by atoms with E-state index in [0.29, 0.717) is 25.9 Å². The number of carbonyl (C=O) groups is 1. The number of nitrogens with zero attached hydrogens (tertiary/aromatic N) is 1. The first-order chi connectivity index (χ1) is 7.07. The van der Waals surface area contributed by atoms with Crippen molar-refractivity contribution in [2.75, 3.05) is 13.1 Å². The van der Waals surface area contributed by atoms with Gasteiger partial charge in [0.1, 0.15) is 6.04 Å². The van der Waals surface area contributed by atoms with E-state index in [0.717, 1.165) is 0 Å². The van der Waals surface area contributed by atoms with Gasteiger partial charge in [0.05, 0.1) is 6.54 Å². The topological polar surface area (TPSA) is 114 Å². The van der Waals surface area contributed by atoms with Crippen LogP contribution in [0.1, 0.15) is 12.8 Å². The summed E-state index contributed by atoms with van der Waals surface area (Å²) < 4.78 is 0. The predicted molar refractivity (Wildman–Crippen MR) is 58.2 cm³/mol. The van der Waals surface area contributed by atoms with Crippen LogP contribution in [0.3, 0.4) is 0 Å². The Morgan fingerprint density at radius 3 is 2.87 bits per heavy atom. The molecule has 15 heavy (non-hydrogen) atoms. The summed E-state index contributed by atoms with van der Waals surface area (Å²) in [6.07, 6.45) is 5.95. The normalized spacial score (nSPS) is 12.9. The molecule has 0 aliphatic heterocycles. The highest BCUT2D eigenvalue weighted by atomic mass is 16.4. The SMILES string of the molecule is C#CCNC(N)=NCCC[C@@H](N)C(=O)O. The first-order valence-corrected chi connectivity index (χ1v) is 4.53. The van der Waals surface area contributed by atoms with Crippen molar-refractivity contribution in [3.05, 3.63) is 0 Å². The molecular formula is C9H16N4O2. The molecule has 0 aliphatic carbocycles. The summed E-state index contributed by atoms with van der Waals surface area (Å²) in [7, 11) is 0. The zero-order valence-corrected chi connectivity index (χ0v) is 8.44. The lowest BCUT2D eigenvalue weighted by molar-refractivity contribution is -0.138. The maximum absolute atomic E-state index is 10.3. The number of carboxylic acid groups (broad SMARTS) is 1. The molecule has 0 bridgehead atoms. The van der Waals surface area contributed by atoms with Crippen LogP contribution in [0.5, 0.6) is 0 Å². The second-order valence-electron chi connectivity index (χ2n) is 2.91. The van der Waals surface area contributed by atoms with E-state index in [-0.39, 0.29) is 5.96 Å². The summed E-state index contributed by atoms with van der Waals surface area (Å²) >= 11 is 0. The van der Waals surface area contributed by atoms with Crippen LogP contribution in [0.15, 0.2) is 4.99 Å². The summed E-state index contributed by atoms with van der Waals surface area (Å²) in [6, 6.07) is -0.833. The van der Waals surface area contributed by atoms with E-state index < -0.39 is 12.0 Å². The van der Waals surface area contributed by atoms with E-state index in [2.05, 4.69) is 16.2 Å². The van der Waals surface area contributed by atoms with Gasteiger partial charge in [-0.3, -0.25) is 9.79 Å². The highest BCUT2D eigenvalue weighted by Gasteiger charge is 2.09. The molecule has 0 amide bonds.